The number of hydrogen-bond donors (Lipinski definition) is 1. The molecule has 0 aromatic carbocycles. The molecule has 0 unspecified atom stereocenters. The van der Waals surface area contributed by atoms with Crippen LogP contribution in [-0.4, -0.2) is 31.3 Å². The van der Waals surface area contributed by atoms with Crippen molar-refractivity contribution in [3.63, 3.8) is 0 Å². The Balaban J connectivity index is 4.20. The predicted octanol–water partition coefficient (Wildman–Crippen LogP) is 0.164. The van der Waals surface area contributed by atoms with Crippen LogP contribution in [0.2, 0.25) is 0 Å². The molecule has 0 amide bonds. The minimum atomic E-state index is -0.747. The Bertz CT molecular complexity index is 206. The number of ether oxygens (including phenoxy) is 2. The van der Waals surface area contributed by atoms with E-state index in [2.05, 4.69) is 9.47 Å². The van der Waals surface area contributed by atoms with E-state index in [1.54, 1.807) is 0 Å². The average molecular weight is 174 g/mol. The molecule has 68 valence electrons. The summed E-state index contributed by atoms with van der Waals surface area (Å²) in [7, 11) is 2.34. The van der Waals surface area contributed by atoms with E-state index in [-0.39, 0.29) is 12.0 Å². The van der Waals surface area contributed by atoms with Gasteiger partial charge < -0.3 is 14.6 Å². The zero-order chi connectivity index (χ0) is 9.56. The maximum absolute atomic E-state index is 10.7. The van der Waals surface area contributed by atoms with Gasteiger partial charge in [0.15, 0.2) is 0 Å². The fraction of sp³-hybridized carbons (Fsp3) is 0.429. The summed E-state index contributed by atoms with van der Waals surface area (Å²) in [5.74, 6) is -1.36. The zero-order valence-electron chi connectivity index (χ0n) is 6.86. The fourth-order valence-electron chi connectivity index (χ4n) is 0.529. The van der Waals surface area contributed by atoms with Gasteiger partial charge in [-0.25, -0.2) is 4.79 Å². The molecule has 0 spiro atoms. The Labute approximate surface area is 69.6 Å². The molecule has 0 saturated heterocycles. The number of carbonyl (C=O) groups excluding carboxylic acids is 2. The molecule has 0 aliphatic heterocycles. The molecule has 0 heterocycles. The van der Waals surface area contributed by atoms with Crippen LogP contribution in [0.1, 0.15) is 6.42 Å². The Morgan fingerprint density at radius 2 is 1.92 bits per heavy atom. The van der Waals surface area contributed by atoms with Gasteiger partial charge in [-0.15, -0.1) is 0 Å². The largest absolute Gasteiger partial charge is 0.515 e. The lowest BCUT2D eigenvalue weighted by Crippen LogP contribution is -2.10. The molecule has 0 aliphatic rings. The zero-order valence-corrected chi connectivity index (χ0v) is 6.86. The molecule has 0 saturated carbocycles. The summed E-state index contributed by atoms with van der Waals surface area (Å²) in [4.78, 5) is 21.4. The van der Waals surface area contributed by atoms with Crippen molar-refractivity contribution in [2.24, 2.45) is 0 Å². The van der Waals surface area contributed by atoms with Gasteiger partial charge in [0.05, 0.1) is 32.5 Å². The van der Waals surface area contributed by atoms with Crippen molar-refractivity contribution in [3.05, 3.63) is 11.8 Å². The van der Waals surface area contributed by atoms with Crippen LogP contribution in [0, 0.1) is 0 Å². The van der Waals surface area contributed by atoms with E-state index in [1.165, 1.54) is 7.11 Å². The molecule has 12 heavy (non-hydrogen) atoms. The van der Waals surface area contributed by atoms with E-state index >= 15 is 0 Å². The smallest absolute Gasteiger partial charge is 0.337 e. The molecule has 5 nitrogen and oxygen atoms in total. The average Bonchev–Trinajstić information content (AvgIpc) is 2.12. The van der Waals surface area contributed by atoms with Crippen LogP contribution in [0.25, 0.3) is 0 Å². The summed E-state index contributed by atoms with van der Waals surface area (Å²) in [6.07, 6.45) is 0.239. The van der Waals surface area contributed by atoms with Gasteiger partial charge in [0.25, 0.3) is 0 Å². The first-order chi connectivity index (χ1) is 5.65. The highest BCUT2D eigenvalue weighted by Gasteiger charge is 2.14. The van der Waals surface area contributed by atoms with E-state index < -0.39 is 11.9 Å². The van der Waals surface area contributed by atoms with Gasteiger partial charge in [-0.05, 0) is 0 Å². The molecule has 0 rings (SSSR count). The molecule has 0 aromatic heterocycles. The molecular weight excluding hydrogens is 164 g/mol. The number of hydrogen-bond acceptors (Lipinski definition) is 5. The van der Waals surface area contributed by atoms with E-state index in [9.17, 15) is 9.59 Å². The van der Waals surface area contributed by atoms with Crippen LogP contribution >= 0.6 is 0 Å². The molecule has 0 aliphatic carbocycles. The van der Waals surface area contributed by atoms with Crippen LogP contribution in [0.5, 0.6) is 0 Å². The fourth-order valence-corrected chi connectivity index (χ4v) is 0.529. The molecule has 0 aromatic rings. The SMILES string of the molecule is COC(=O)C/C(=C/O)C(=O)OC. The van der Waals surface area contributed by atoms with Crippen LogP contribution < -0.4 is 0 Å². The highest BCUT2D eigenvalue weighted by atomic mass is 16.5. The first-order valence-electron chi connectivity index (χ1n) is 3.14. The normalized spacial score (nSPS) is 10.7. The van der Waals surface area contributed by atoms with E-state index in [0.29, 0.717) is 6.26 Å². The van der Waals surface area contributed by atoms with Crippen molar-refractivity contribution in [2.45, 2.75) is 6.42 Å². The Kier molecular flexibility index (Phi) is 4.52. The van der Waals surface area contributed by atoms with Gasteiger partial charge in [0.2, 0.25) is 0 Å². The lowest BCUT2D eigenvalue weighted by Gasteiger charge is -2.01. The van der Waals surface area contributed by atoms with Gasteiger partial charge in [-0.1, -0.05) is 0 Å². The highest BCUT2D eigenvalue weighted by molar-refractivity contribution is 5.93. The quantitative estimate of drug-likeness (QED) is 0.375. The molecule has 0 atom stereocenters. The molecular formula is C7H10O5. The highest BCUT2D eigenvalue weighted by Crippen LogP contribution is 2.03. The number of aliphatic hydroxyl groups is 1. The standard InChI is InChI=1S/C7H10O5/c1-11-6(9)3-5(4-8)7(10)12-2/h4,8H,3H2,1-2H3/b5-4-. The summed E-state index contributed by atoms with van der Waals surface area (Å²) in [5.41, 5.74) is -0.135. The Morgan fingerprint density at radius 3 is 2.25 bits per heavy atom. The van der Waals surface area contributed by atoms with Crippen molar-refractivity contribution < 1.29 is 24.2 Å². The van der Waals surface area contributed by atoms with Crippen molar-refractivity contribution >= 4 is 11.9 Å². The lowest BCUT2D eigenvalue weighted by molar-refractivity contribution is -0.143. The van der Waals surface area contributed by atoms with Crippen molar-refractivity contribution in [3.8, 4) is 0 Å². The number of aliphatic hydroxyl groups excluding tert-OH is 1. The van der Waals surface area contributed by atoms with Gasteiger partial charge in [0, 0.05) is 0 Å². The van der Waals surface area contributed by atoms with E-state index in [1.807, 2.05) is 0 Å². The predicted molar refractivity (Wildman–Crippen MR) is 39.4 cm³/mol. The van der Waals surface area contributed by atoms with Crippen LogP contribution in [0.15, 0.2) is 11.8 Å². The maximum atomic E-state index is 10.7. The van der Waals surface area contributed by atoms with Crippen molar-refractivity contribution in [1.29, 1.82) is 0 Å². The minimum absolute atomic E-state index is 0.135. The minimum Gasteiger partial charge on any atom is -0.515 e. The van der Waals surface area contributed by atoms with Crippen LogP contribution in [0.3, 0.4) is 0 Å². The molecule has 1 N–H and O–H groups in total. The molecule has 0 radical (unpaired) electrons. The van der Waals surface area contributed by atoms with Gasteiger partial charge in [-0.3, -0.25) is 4.79 Å². The molecule has 0 bridgehead atoms. The van der Waals surface area contributed by atoms with Crippen LogP contribution in [-0.2, 0) is 19.1 Å². The second kappa shape index (κ2) is 5.17. The van der Waals surface area contributed by atoms with E-state index in [4.69, 9.17) is 5.11 Å². The van der Waals surface area contributed by atoms with Crippen molar-refractivity contribution in [1.82, 2.24) is 0 Å². The molecule has 5 heteroatoms. The van der Waals surface area contributed by atoms with Crippen molar-refractivity contribution in [2.75, 3.05) is 14.2 Å². The van der Waals surface area contributed by atoms with Gasteiger partial charge in [-0.2, -0.15) is 0 Å². The number of methoxy groups -OCH3 is 2. The second-order valence-corrected chi connectivity index (χ2v) is 1.90. The summed E-state index contributed by atoms with van der Waals surface area (Å²) in [6, 6.07) is 0. The summed E-state index contributed by atoms with van der Waals surface area (Å²) >= 11 is 0. The Morgan fingerprint density at radius 1 is 1.33 bits per heavy atom. The summed E-state index contributed by atoms with van der Waals surface area (Å²) in [6.45, 7) is 0. The topological polar surface area (TPSA) is 72.8 Å². The first-order valence-corrected chi connectivity index (χ1v) is 3.14. The monoisotopic (exact) mass is 174 g/mol. The third-order valence-electron chi connectivity index (χ3n) is 1.17. The number of rotatable bonds is 3. The van der Waals surface area contributed by atoms with Gasteiger partial charge >= 0.3 is 11.9 Å². The summed E-state index contributed by atoms with van der Waals surface area (Å²) < 4.78 is 8.55. The Hall–Kier alpha value is -1.52. The van der Waals surface area contributed by atoms with Crippen LogP contribution in [0.4, 0.5) is 0 Å². The molecule has 0 fully saturated rings. The summed E-state index contributed by atoms with van der Waals surface area (Å²) in [5, 5.41) is 8.50. The number of carbonyl (C=O) groups is 2. The third-order valence-corrected chi connectivity index (χ3v) is 1.17. The second-order valence-electron chi connectivity index (χ2n) is 1.90. The maximum Gasteiger partial charge on any atom is 0.337 e. The first kappa shape index (κ1) is 10.5. The third kappa shape index (κ3) is 3.05. The van der Waals surface area contributed by atoms with E-state index in [0.717, 1.165) is 7.11 Å². The number of esters is 2. The lowest BCUT2D eigenvalue weighted by atomic mass is 10.2. The van der Waals surface area contributed by atoms with Gasteiger partial charge in [0.1, 0.15) is 0 Å².